The predicted molar refractivity (Wildman–Crippen MR) is 40.4 cm³/mol. The minimum atomic E-state index is -1.04. The van der Waals surface area contributed by atoms with E-state index in [1.165, 1.54) is 6.20 Å². The van der Waals surface area contributed by atoms with Gasteiger partial charge in [0.1, 0.15) is 0 Å². The van der Waals surface area contributed by atoms with E-state index in [2.05, 4.69) is 0 Å². The highest BCUT2D eigenvalue weighted by Crippen LogP contribution is 2.09. The average Bonchev–Trinajstić information content (AvgIpc) is 2.28. The molecule has 0 aromatic carbocycles. The second-order valence-corrected chi connectivity index (χ2v) is 2.74. The monoisotopic (exact) mass is 173 g/mol. The highest BCUT2D eigenvalue weighted by molar-refractivity contribution is 5.79. The third-order valence-corrected chi connectivity index (χ3v) is 1.72. The Kier molecular flexibility index (Phi) is 2.67. The molecule has 68 valence electrons. The van der Waals surface area contributed by atoms with Crippen LogP contribution in [0.2, 0.25) is 0 Å². The maximum Gasteiger partial charge on any atom is 0.329 e. The molecule has 2 atom stereocenters. The minimum absolute atomic E-state index is 0.283. The molecule has 0 aliphatic carbocycles. The van der Waals surface area contributed by atoms with Gasteiger partial charge in [0.25, 0.3) is 0 Å². The molecule has 0 bridgehead atoms. The molecule has 1 fully saturated rings. The highest BCUT2D eigenvalue weighted by Gasteiger charge is 2.27. The standard InChI is InChI=1S/C7H11NO4/c9-5-3-8(4-6(5)10)2-1-7(11)12/h1-2,5-6,9-10H,3-4H2,(H,11,12)/b2-1+. The predicted octanol–water partition coefficient (Wildman–Crippen LogP) is -1.38. The molecular weight excluding hydrogens is 162 g/mol. The summed E-state index contributed by atoms with van der Waals surface area (Å²) in [6.45, 7) is 0.565. The van der Waals surface area contributed by atoms with E-state index in [1.54, 1.807) is 4.90 Å². The molecule has 2 unspecified atom stereocenters. The smallest absolute Gasteiger partial charge is 0.329 e. The Hall–Kier alpha value is -1.07. The number of carbonyl (C=O) groups is 1. The number of aliphatic hydroxyl groups excluding tert-OH is 2. The van der Waals surface area contributed by atoms with Gasteiger partial charge in [-0.15, -0.1) is 0 Å². The summed E-state index contributed by atoms with van der Waals surface area (Å²) in [7, 11) is 0. The zero-order valence-electron chi connectivity index (χ0n) is 6.42. The lowest BCUT2D eigenvalue weighted by Crippen LogP contribution is -2.22. The molecule has 1 saturated heterocycles. The van der Waals surface area contributed by atoms with Crippen LogP contribution in [0, 0.1) is 0 Å². The third-order valence-electron chi connectivity index (χ3n) is 1.72. The van der Waals surface area contributed by atoms with Crippen molar-refractivity contribution in [1.29, 1.82) is 0 Å². The van der Waals surface area contributed by atoms with Gasteiger partial charge < -0.3 is 20.2 Å². The number of aliphatic carboxylic acids is 1. The van der Waals surface area contributed by atoms with Crippen molar-refractivity contribution in [3.05, 3.63) is 12.3 Å². The number of carboxylic acid groups (broad SMARTS) is 1. The first-order valence-electron chi connectivity index (χ1n) is 3.61. The number of carboxylic acids is 1. The number of likely N-dealkylation sites (tertiary alicyclic amines) is 1. The molecule has 5 heteroatoms. The van der Waals surface area contributed by atoms with E-state index in [-0.39, 0.29) is 13.1 Å². The van der Waals surface area contributed by atoms with Crippen LogP contribution in [-0.2, 0) is 4.79 Å². The summed E-state index contributed by atoms with van der Waals surface area (Å²) in [6, 6.07) is 0. The normalized spacial score (nSPS) is 30.0. The summed E-state index contributed by atoms with van der Waals surface area (Å²) in [5.74, 6) is -1.04. The molecular formula is C7H11NO4. The Labute approximate surface area is 69.5 Å². The lowest BCUT2D eigenvalue weighted by molar-refractivity contribution is -0.131. The van der Waals surface area contributed by atoms with Crippen molar-refractivity contribution in [2.45, 2.75) is 12.2 Å². The molecule has 0 aromatic heterocycles. The topological polar surface area (TPSA) is 81.0 Å². The molecule has 0 aromatic rings. The molecule has 0 radical (unpaired) electrons. The van der Waals surface area contributed by atoms with Crippen LogP contribution in [0.5, 0.6) is 0 Å². The number of hydrogen-bond donors (Lipinski definition) is 3. The number of β-amino-alcohol motifs (C(OH)–C–C–N with tert-alkyl or cyclic N) is 2. The van der Waals surface area contributed by atoms with Crippen LogP contribution < -0.4 is 0 Å². The van der Waals surface area contributed by atoms with Crippen molar-refractivity contribution in [2.24, 2.45) is 0 Å². The van der Waals surface area contributed by atoms with E-state index in [0.717, 1.165) is 6.08 Å². The average molecular weight is 173 g/mol. The second-order valence-electron chi connectivity index (χ2n) is 2.74. The molecule has 0 saturated carbocycles. The molecule has 1 heterocycles. The van der Waals surface area contributed by atoms with Crippen LogP contribution in [0.3, 0.4) is 0 Å². The summed E-state index contributed by atoms with van der Waals surface area (Å²) in [6.07, 6.45) is 0.777. The molecule has 3 N–H and O–H groups in total. The largest absolute Gasteiger partial charge is 0.478 e. The molecule has 1 aliphatic heterocycles. The van der Waals surface area contributed by atoms with E-state index in [1.807, 2.05) is 0 Å². The molecule has 0 amide bonds. The summed E-state index contributed by atoms with van der Waals surface area (Å²) < 4.78 is 0. The maximum absolute atomic E-state index is 10.1. The van der Waals surface area contributed by atoms with Gasteiger partial charge >= 0.3 is 5.97 Å². The van der Waals surface area contributed by atoms with E-state index >= 15 is 0 Å². The first-order valence-corrected chi connectivity index (χ1v) is 3.61. The van der Waals surface area contributed by atoms with Crippen LogP contribution in [0.4, 0.5) is 0 Å². The van der Waals surface area contributed by atoms with Crippen molar-refractivity contribution >= 4 is 5.97 Å². The van der Waals surface area contributed by atoms with Crippen LogP contribution >= 0.6 is 0 Å². The lowest BCUT2D eigenvalue weighted by Gasteiger charge is -2.09. The van der Waals surface area contributed by atoms with Gasteiger partial charge in [-0.25, -0.2) is 4.79 Å². The fraction of sp³-hybridized carbons (Fsp3) is 0.571. The number of rotatable bonds is 2. The van der Waals surface area contributed by atoms with Crippen molar-refractivity contribution in [3.8, 4) is 0 Å². The van der Waals surface area contributed by atoms with Gasteiger partial charge in [0, 0.05) is 25.4 Å². The van der Waals surface area contributed by atoms with Crippen molar-refractivity contribution in [2.75, 3.05) is 13.1 Å². The van der Waals surface area contributed by atoms with E-state index in [9.17, 15) is 4.79 Å². The van der Waals surface area contributed by atoms with Crippen molar-refractivity contribution in [3.63, 3.8) is 0 Å². The third kappa shape index (κ3) is 2.21. The van der Waals surface area contributed by atoms with Gasteiger partial charge in [-0.05, 0) is 0 Å². The SMILES string of the molecule is O=C(O)/C=C/N1CC(O)C(O)C1. The second kappa shape index (κ2) is 3.55. The first kappa shape index (κ1) is 9.02. The van der Waals surface area contributed by atoms with E-state index in [0.29, 0.717) is 0 Å². The van der Waals surface area contributed by atoms with Crippen LogP contribution in [0.15, 0.2) is 12.3 Å². The van der Waals surface area contributed by atoms with Crippen LogP contribution in [0.1, 0.15) is 0 Å². The zero-order valence-corrected chi connectivity index (χ0v) is 6.42. The summed E-state index contributed by atoms with van der Waals surface area (Å²) >= 11 is 0. The van der Waals surface area contributed by atoms with Crippen molar-refractivity contribution in [1.82, 2.24) is 4.90 Å². The number of aliphatic hydroxyl groups is 2. The molecule has 5 nitrogen and oxygen atoms in total. The first-order chi connectivity index (χ1) is 5.59. The van der Waals surface area contributed by atoms with Crippen LogP contribution in [0.25, 0.3) is 0 Å². The molecule has 1 aliphatic rings. The number of nitrogens with zero attached hydrogens (tertiary/aromatic N) is 1. The van der Waals surface area contributed by atoms with Gasteiger partial charge in [-0.3, -0.25) is 0 Å². The molecule has 12 heavy (non-hydrogen) atoms. The van der Waals surface area contributed by atoms with Crippen molar-refractivity contribution < 1.29 is 20.1 Å². The lowest BCUT2D eigenvalue weighted by atomic mass is 10.3. The van der Waals surface area contributed by atoms with Crippen LogP contribution in [-0.4, -0.2) is 51.5 Å². The fourth-order valence-corrected chi connectivity index (χ4v) is 1.09. The quantitative estimate of drug-likeness (QED) is 0.448. The van der Waals surface area contributed by atoms with Gasteiger partial charge in [0.2, 0.25) is 0 Å². The number of hydrogen-bond acceptors (Lipinski definition) is 4. The Morgan fingerprint density at radius 2 is 1.83 bits per heavy atom. The molecule has 1 rings (SSSR count). The Balaban J connectivity index is 2.42. The van der Waals surface area contributed by atoms with E-state index < -0.39 is 18.2 Å². The van der Waals surface area contributed by atoms with Gasteiger partial charge in [0.15, 0.2) is 0 Å². The Bertz CT molecular complexity index is 194. The Morgan fingerprint density at radius 1 is 1.33 bits per heavy atom. The molecule has 0 spiro atoms. The van der Waals surface area contributed by atoms with E-state index in [4.69, 9.17) is 15.3 Å². The Morgan fingerprint density at radius 3 is 2.25 bits per heavy atom. The zero-order chi connectivity index (χ0) is 9.14. The minimum Gasteiger partial charge on any atom is -0.478 e. The summed E-state index contributed by atoms with van der Waals surface area (Å²) in [5, 5.41) is 26.4. The van der Waals surface area contributed by atoms with Gasteiger partial charge in [-0.1, -0.05) is 0 Å². The highest BCUT2D eigenvalue weighted by atomic mass is 16.4. The fourth-order valence-electron chi connectivity index (χ4n) is 1.09. The van der Waals surface area contributed by atoms with Gasteiger partial charge in [0.05, 0.1) is 12.2 Å². The van der Waals surface area contributed by atoms with Gasteiger partial charge in [-0.2, -0.15) is 0 Å². The summed E-state index contributed by atoms with van der Waals surface area (Å²) in [4.78, 5) is 11.6. The summed E-state index contributed by atoms with van der Waals surface area (Å²) in [5.41, 5.74) is 0. The maximum atomic E-state index is 10.1.